The van der Waals surface area contributed by atoms with E-state index in [0.717, 1.165) is 29.5 Å². The third kappa shape index (κ3) is 3.82. The fraction of sp³-hybridized carbons (Fsp3) is 0.500. The predicted octanol–water partition coefficient (Wildman–Crippen LogP) is 2.11. The number of piperidine rings is 1. The van der Waals surface area contributed by atoms with Crippen LogP contribution in [0, 0.1) is 5.92 Å². The molecule has 98 valence electrons. The molecule has 1 aliphatic rings. The summed E-state index contributed by atoms with van der Waals surface area (Å²) in [6, 6.07) is 8.21. The van der Waals surface area contributed by atoms with E-state index in [1.54, 1.807) is 0 Å². The smallest absolute Gasteiger partial charge is 0.224 e. The molecule has 1 aromatic rings. The Morgan fingerprint density at radius 3 is 3.11 bits per heavy atom. The molecule has 2 rings (SSSR count). The van der Waals surface area contributed by atoms with Crippen LogP contribution in [0.1, 0.15) is 18.9 Å². The number of amides is 1. The van der Waals surface area contributed by atoms with Crippen molar-refractivity contribution in [3.63, 3.8) is 0 Å². The zero-order valence-corrected chi connectivity index (χ0v) is 12.2. The van der Waals surface area contributed by atoms with Crippen molar-refractivity contribution in [3.8, 4) is 0 Å². The minimum atomic E-state index is 0.117. The first-order valence-corrected chi connectivity index (χ1v) is 7.19. The zero-order valence-electron chi connectivity index (χ0n) is 10.6. The first-order chi connectivity index (χ1) is 8.65. The molecule has 0 saturated carbocycles. The fourth-order valence-corrected chi connectivity index (χ4v) is 2.77. The molecule has 1 fully saturated rings. The standard InChI is InChI=1S/C14H19BrN2O/c1-10-9-16-6-5-13(10)17-14(18)8-11-3-2-4-12(15)7-11/h2-4,7,10,13,16H,5-6,8-9H2,1H3,(H,17,18). The number of nitrogens with one attached hydrogen (secondary N) is 2. The summed E-state index contributed by atoms with van der Waals surface area (Å²) in [6.45, 7) is 4.16. The van der Waals surface area contributed by atoms with Crippen LogP contribution in [0.3, 0.4) is 0 Å². The minimum Gasteiger partial charge on any atom is -0.353 e. The van der Waals surface area contributed by atoms with Gasteiger partial charge in [0.25, 0.3) is 0 Å². The lowest BCUT2D eigenvalue weighted by Crippen LogP contribution is -2.48. The van der Waals surface area contributed by atoms with E-state index in [1.807, 2.05) is 24.3 Å². The molecule has 18 heavy (non-hydrogen) atoms. The molecule has 0 aromatic heterocycles. The number of hydrogen-bond acceptors (Lipinski definition) is 2. The van der Waals surface area contributed by atoms with E-state index in [-0.39, 0.29) is 5.91 Å². The molecule has 2 N–H and O–H groups in total. The molecule has 0 radical (unpaired) electrons. The van der Waals surface area contributed by atoms with Gasteiger partial charge in [0.2, 0.25) is 5.91 Å². The van der Waals surface area contributed by atoms with Crippen LogP contribution in [0.5, 0.6) is 0 Å². The molecule has 2 atom stereocenters. The molecule has 0 aliphatic carbocycles. The summed E-state index contributed by atoms with van der Waals surface area (Å²) in [5.41, 5.74) is 1.04. The van der Waals surface area contributed by atoms with E-state index in [1.165, 1.54) is 0 Å². The maximum atomic E-state index is 12.0. The van der Waals surface area contributed by atoms with Gasteiger partial charge in [0.1, 0.15) is 0 Å². The number of halogens is 1. The lowest BCUT2D eigenvalue weighted by Gasteiger charge is -2.30. The van der Waals surface area contributed by atoms with Gasteiger partial charge in [0, 0.05) is 10.5 Å². The van der Waals surface area contributed by atoms with Crippen molar-refractivity contribution in [1.29, 1.82) is 0 Å². The van der Waals surface area contributed by atoms with Crippen LogP contribution in [0.4, 0.5) is 0 Å². The molecule has 1 heterocycles. The van der Waals surface area contributed by atoms with Crippen molar-refractivity contribution < 1.29 is 4.79 Å². The molecular formula is C14H19BrN2O. The Morgan fingerprint density at radius 1 is 1.56 bits per heavy atom. The van der Waals surface area contributed by atoms with Gasteiger partial charge in [-0.3, -0.25) is 4.79 Å². The Labute approximate surface area is 116 Å². The number of rotatable bonds is 3. The van der Waals surface area contributed by atoms with Gasteiger partial charge >= 0.3 is 0 Å². The number of hydrogen-bond donors (Lipinski definition) is 2. The normalized spacial score (nSPS) is 23.7. The lowest BCUT2D eigenvalue weighted by atomic mass is 9.95. The Hall–Kier alpha value is -0.870. The van der Waals surface area contributed by atoms with Crippen LogP contribution in [0.25, 0.3) is 0 Å². The van der Waals surface area contributed by atoms with Crippen molar-refractivity contribution in [1.82, 2.24) is 10.6 Å². The van der Waals surface area contributed by atoms with Crippen LogP contribution < -0.4 is 10.6 Å². The molecule has 1 aliphatic heterocycles. The van der Waals surface area contributed by atoms with E-state index in [2.05, 4.69) is 33.5 Å². The van der Waals surface area contributed by atoms with Gasteiger partial charge in [0.05, 0.1) is 6.42 Å². The molecule has 4 heteroatoms. The SMILES string of the molecule is CC1CNCCC1NC(=O)Cc1cccc(Br)c1. The van der Waals surface area contributed by atoms with Crippen molar-refractivity contribution in [2.24, 2.45) is 5.92 Å². The van der Waals surface area contributed by atoms with E-state index < -0.39 is 0 Å². The largest absolute Gasteiger partial charge is 0.353 e. The van der Waals surface area contributed by atoms with Crippen molar-refractivity contribution >= 4 is 21.8 Å². The summed E-state index contributed by atoms with van der Waals surface area (Å²) in [5, 5.41) is 6.48. The number of benzene rings is 1. The van der Waals surface area contributed by atoms with Crippen molar-refractivity contribution in [2.75, 3.05) is 13.1 Å². The van der Waals surface area contributed by atoms with Gasteiger partial charge in [-0.05, 0) is 43.1 Å². The van der Waals surface area contributed by atoms with Crippen LogP contribution in [-0.4, -0.2) is 25.0 Å². The molecular weight excluding hydrogens is 292 g/mol. The third-order valence-electron chi connectivity index (χ3n) is 3.39. The lowest BCUT2D eigenvalue weighted by molar-refractivity contribution is -0.121. The van der Waals surface area contributed by atoms with Gasteiger partial charge in [-0.1, -0.05) is 35.0 Å². The van der Waals surface area contributed by atoms with E-state index in [9.17, 15) is 4.79 Å². The van der Waals surface area contributed by atoms with Crippen LogP contribution in [0.2, 0.25) is 0 Å². The topological polar surface area (TPSA) is 41.1 Å². The summed E-state index contributed by atoms with van der Waals surface area (Å²) in [5.74, 6) is 0.622. The van der Waals surface area contributed by atoms with E-state index in [4.69, 9.17) is 0 Å². The van der Waals surface area contributed by atoms with Crippen molar-refractivity contribution in [2.45, 2.75) is 25.8 Å². The van der Waals surface area contributed by atoms with Gasteiger partial charge in [-0.25, -0.2) is 0 Å². The first-order valence-electron chi connectivity index (χ1n) is 6.39. The summed E-state index contributed by atoms with van der Waals surface area (Å²) in [7, 11) is 0. The van der Waals surface area contributed by atoms with Gasteiger partial charge in [0.15, 0.2) is 0 Å². The fourth-order valence-electron chi connectivity index (χ4n) is 2.32. The number of carbonyl (C=O) groups excluding carboxylic acids is 1. The van der Waals surface area contributed by atoms with Gasteiger partial charge in [-0.15, -0.1) is 0 Å². The predicted molar refractivity (Wildman–Crippen MR) is 76.4 cm³/mol. The Morgan fingerprint density at radius 2 is 2.39 bits per heavy atom. The molecule has 1 aromatic carbocycles. The molecule has 2 unspecified atom stereocenters. The van der Waals surface area contributed by atoms with Gasteiger partial charge < -0.3 is 10.6 Å². The summed E-state index contributed by atoms with van der Waals surface area (Å²) in [4.78, 5) is 12.0. The number of carbonyl (C=O) groups is 1. The van der Waals surface area contributed by atoms with Crippen molar-refractivity contribution in [3.05, 3.63) is 34.3 Å². The molecule has 1 amide bonds. The highest BCUT2D eigenvalue weighted by Gasteiger charge is 2.22. The zero-order chi connectivity index (χ0) is 13.0. The molecule has 3 nitrogen and oxygen atoms in total. The quantitative estimate of drug-likeness (QED) is 0.898. The summed E-state index contributed by atoms with van der Waals surface area (Å²) >= 11 is 3.42. The Bertz CT molecular complexity index is 422. The maximum absolute atomic E-state index is 12.0. The highest BCUT2D eigenvalue weighted by atomic mass is 79.9. The molecule has 1 saturated heterocycles. The molecule has 0 spiro atoms. The maximum Gasteiger partial charge on any atom is 0.224 e. The van der Waals surface area contributed by atoms with Crippen LogP contribution in [0.15, 0.2) is 28.7 Å². The second-order valence-corrected chi connectivity index (χ2v) is 5.87. The monoisotopic (exact) mass is 310 g/mol. The Kier molecular flexibility index (Phi) is 4.78. The summed E-state index contributed by atoms with van der Waals surface area (Å²) in [6.07, 6.45) is 1.47. The third-order valence-corrected chi connectivity index (χ3v) is 3.88. The first kappa shape index (κ1) is 13.6. The highest BCUT2D eigenvalue weighted by Crippen LogP contribution is 2.13. The average Bonchev–Trinajstić information content (AvgIpc) is 2.32. The van der Waals surface area contributed by atoms with E-state index in [0.29, 0.717) is 18.4 Å². The Balaban J connectivity index is 1.88. The second-order valence-electron chi connectivity index (χ2n) is 4.95. The molecule has 0 bridgehead atoms. The van der Waals surface area contributed by atoms with Crippen LogP contribution >= 0.6 is 15.9 Å². The summed E-state index contributed by atoms with van der Waals surface area (Å²) < 4.78 is 1.02. The van der Waals surface area contributed by atoms with Gasteiger partial charge in [-0.2, -0.15) is 0 Å². The second kappa shape index (κ2) is 6.34. The average molecular weight is 311 g/mol. The van der Waals surface area contributed by atoms with E-state index >= 15 is 0 Å². The highest BCUT2D eigenvalue weighted by molar-refractivity contribution is 9.10. The van der Waals surface area contributed by atoms with Crippen LogP contribution in [-0.2, 0) is 11.2 Å². The minimum absolute atomic E-state index is 0.117.